The van der Waals surface area contributed by atoms with E-state index in [9.17, 15) is 4.79 Å². The molecule has 3 aromatic rings. The fourth-order valence-corrected chi connectivity index (χ4v) is 3.58. The number of imidazole rings is 1. The third-order valence-corrected chi connectivity index (χ3v) is 5.05. The van der Waals surface area contributed by atoms with E-state index in [1.54, 1.807) is 23.0 Å². The van der Waals surface area contributed by atoms with Crippen molar-refractivity contribution in [3.8, 4) is 5.69 Å². The molecule has 0 bridgehead atoms. The molecule has 148 valence electrons. The topological polar surface area (TPSA) is 80.9 Å². The molecule has 1 unspecified atom stereocenters. The Kier molecular flexibility index (Phi) is 6.02. The number of carbonyl (C=O) groups excluding carboxylic acids is 1. The van der Waals surface area contributed by atoms with E-state index >= 15 is 0 Å². The molecule has 1 N–H and O–H groups in total. The van der Waals surface area contributed by atoms with Crippen molar-refractivity contribution in [3.63, 3.8) is 0 Å². The number of amides is 1. The molecule has 1 amide bonds. The quantitative estimate of drug-likeness (QED) is 0.700. The van der Waals surface area contributed by atoms with Gasteiger partial charge in [0.15, 0.2) is 5.69 Å². The van der Waals surface area contributed by atoms with Gasteiger partial charge in [0, 0.05) is 44.1 Å². The van der Waals surface area contributed by atoms with Crippen LogP contribution in [0, 0.1) is 6.92 Å². The smallest absolute Gasteiger partial charge is 0.277 e. The normalized spacial score (nSPS) is 16.7. The number of carbonyl (C=O) groups is 1. The molecule has 3 heterocycles. The van der Waals surface area contributed by atoms with Crippen LogP contribution in [0.4, 0.5) is 0 Å². The third kappa shape index (κ3) is 3.63. The lowest BCUT2D eigenvalue weighted by Gasteiger charge is -2.35. The van der Waals surface area contributed by atoms with Crippen LogP contribution in [0.2, 0.25) is 5.02 Å². The van der Waals surface area contributed by atoms with Crippen LogP contribution in [0.15, 0.2) is 36.7 Å². The van der Waals surface area contributed by atoms with Crippen molar-refractivity contribution in [1.29, 1.82) is 0 Å². The van der Waals surface area contributed by atoms with Gasteiger partial charge in [-0.1, -0.05) is 22.9 Å². The maximum absolute atomic E-state index is 13.3. The van der Waals surface area contributed by atoms with Crippen LogP contribution in [0.1, 0.15) is 28.0 Å². The average Bonchev–Trinajstić information content (AvgIpc) is 3.27. The number of halogens is 2. The van der Waals surface area contributed by atoms with Crippen molar-refractivity contribution in [3.05, 3.63) is 58.9 Å². The summed E-state index contributed by atoms with van der Waals surface area (Å²) in [7, 11) is 1.93. The summed E-state index contributed by atoms with van der Waals surface area (Å²) in [5.74, 6) is 0.700. The summed E-state index contributed by atoms with van der Waals surface area (Å²) >= 11 is 6.08. The second-order valence-corrected chi connectivity index (χ2v) is 6.97. The van der Waals surface area contributed by atoms with Crippen molar-refractivity contribution < 1.29 is 4.79 Å². The average molecular weight is 422 g/mol. The van der Waals surface area contributed by atoms with Gasteiger partial charge in [0.1, 0.15) is 11.9 Å². The highest BCUT2D eigenvalue weighted by Gasteiger charge is 2.33. The van der Waals surface area contributed by atoms with Crippen molar-refractivity contribution in [2.75, 3.05) is 19.6 Å². The number of rotatable bonds is 3. The van der Waals surface area contributed by atoms with Gasteiger partial charge in [0.05, 0.1) is 11.4 Å². The van der Waals surface area contributed by atoms with E-state index in [0.29, 0.717) is 29.5 Å². The lowest BCUT2D eigenvalue weighted by atomic mass is 10.1. The molecule has 0 saturated carbocycles. The number of hydrogen-bond donors (Lipinski definition) is 1. The van der Waals surface area contributed by atoms with Gasteiger partial charge in [-0.3, -0.25) is 4.79 Å². The Balaban J connectivity index is 0.00000225. The monoisotopic (exact) mass is 421 g/mol. The molecule has 10 heteroatoms. The lowest BCUT2D eigenvalue weighted by molar-refractivity contribution is 0.0614. The van der Waals surface area contributed by atoms with Crippen LogP contribution in [0.25, 0.3) is 5.69 Å². The zero-order valence-electron chi connectivity index (χ0n) is 15.5. The Morgan fingerprint density at radius 2 is 2.18 bits per heavy atom. The second-order valence-electron chi connectivity index (χ2n) is 6.53. The fraction of sp³-hybridized carbons (Fsp3) is 0.333. The molecule has 1 aliphatic heterocycles. The van der Waals surface area contributed by atoms with E-state index in [0.717, 1.165) is 18.1 Å². The predicted octanol–water partition coefficient (Wildman–Crippen LogP) is 2.17. The molecule has 8 nitrogen and oxygen atoms in total. The predicted molar refractivity (Wildman–Crippen MR) is 108 cm³/mol. The zero-order chi connectivity index (χ0) is 19.0. The van der Waals surface area contributed by atoms with Crippen LogP contribution in [-0.4, -0.2) is 55.0 Å². The summed E-state index contributed by atoms with van der Waals surface area (Å²) < 4.78 is 3.57. The summed E-state index contributed by atoms with van der Waals surface area (Å²) in [6, 6.07) is 7.15. The van der Waals surface area contributed by atoms with Gasteiger partial charge in [-0.15, -0.1) is 17.5 Å². The zero-order valence-corrected chi connectivity index (χ0v) is 17.1. The van der Waals surface area contributed by atoms with E-state index in [1.165, 1.54) is 0 Å². The summed E-state index contributed by atoms with van der Waals surface area (Å²) in [5.41, 5.74) is 1.79. The first-order chi connectivity index (χ1) is 13.1. The molecule has 1 aromatic carbocycles. The third-order valence-electron chi connectivity index (χ3n) is 4.81. The Hall–Kier alpha value is -2.42. The molecular formula is C18H21Cl2N7O. The largest absolute Gasteiger partial charge is 0.336 e. The van der Waals surface area contributed by atoms with Crippen LogP contribution >= 0.6 is 24.0 Å². The summed E-state index contributed by atoms with van der Waals surface area (Å²) in [6.07, 6.45) is 3.63. The first-order valence-electron chi connectivity index (χ1n) is 8.73. The number of aromatic nitrogens is 5. The molecule has 0 spiro atoms. The van der Waals surface area contributed by atoms with E-state index in [-0.39, 0.29) is 24.4 Å². The lowest BCUT2D eigenvalue weighted by Crippen LogP contribution is -2.49. The molecular weight excluding hydrogens is 401 g/mol. The van der Waals surface area contributed by atoms with E-state index < -0.39 is 0 Å². The molecule has 0 radical (unpaired) electrons. The first kappa shape index (κ1) is 20.3. The Bertz CT molecular complexity index is 984. The summed E-state index contributed by atoms with van der Waals surface area (Å²) in [6.45, 7) is 3.80. The molecule has 2 aromatic heterocycles. The molecule has 1 saturated heterocycles. The molecule has 4 rings (SSSR count). The van der Waals surface area contributed by atoms with E-state index in [2.05, 4.69) is 20.6 Å². The minimum absolute atomic E-state index is 0. The summed E-state index contributed by atoms with van der Waals surface area (Å²) in [5, 5.41) is 12.3. The van der Waals surface area contributed by atoms with Gasteiger partial charge in [0.2, 0.25) is 0 Å². The minimum atomic E-state index is -0.151. The minimum Gasteiger partial charge on any atom is -0.336 e. The fourth-order valence-electron chi connectivity index (χ4n) is 3.39. The van der Waals surface area contributed by atoms with Gasteiger partial charge in [-0.25, -0.2) is 9.67 Å². The highest BCUT2D eigenvalue weighted by Crippen LogP contribution is 2.24. The van der Waals surface area contributed by atoms with E-state index in [4.69, 9.17) is 11.6 Å². The van der Waals surface area contributed by atoms with Gasteiger partial charge in [-0.05, 0) is 25.1 Å². The molecule has 1 fully saturated rings. The molecule has 28 heavy (non-hydrogen) atoms. The number of aryl methyl sites for hydroxylation is 1. The number of hydrogen-bond acceptors (Lipinski definition) is 5. The van der Waals surface area contributed by atoms with E-state index in [1.807, 2.05) is 41.8 Å². The van der Waals surface area contributed by atoms with Gasteiger partial charge < -0.3 is 14.8 Å². The molecule has 1 atom stereocenters. The number of nitrogens with zero attached hydrogens (tertiary/aromatic N) is 6. The maximum atomic E-state index is 13.3. The standard InChI is InChI=1S/C18H20ClN7O.ClH/c1-12-16(22-23-26(12)14-5-3-4-13(19)10-14)18(27)25-9-6-20-11-15(25)17-21-7-8-24(17)2;/h3-5,7-8,10,15,20H,6,9,11H2,1-2H3;1H. The first-order valence-corrected chi connectivity index (χ1v) is 9.11. The van der Waals surface area contributed by atoms with Crippen LogP contribution < -0.4 is 5.32 Å². The van der Waals surface area contributed by atoms with Crippen LogP contribution in [0.3, 0.4) is 0 Å². The number of nitrogens with one attached hydrogen (secondary N) is 1. The molecule has 1 aliphatic rings. The Morgan fingerprint density at radius 3 is 2.89 bits per heavy atom. The van der Waals surface area contributed by atoms with Gasteiger partial charge in [0.25, 0.3) is 5.91 Å². The molecule has 0 aliphatic carbocycles. The Morgan fingerprint density at radius 1 is 1.36 bits per heavy atom. The van der Waals surface area contributed by atoms with Crippen molar-refractivity contribution in [1.82, 2.24) is 34.8 Å². The van der Waals surface area contributed by atoms with Crippen LogP contribution in [-0.2, 0) is 7.05 Å². The van der Waals surface area contributed by atoms with Crippen molar-refractivity contribution in [2.24, 2.45) is 7.05 Å². The number of piperazine rings is 1. The highest BCUT2D eigenvalue weighted by atomic mass is 35.5. The van der Waals surface area contributed by atoms with Gasteiger partial charge >= 0.3 is 0 Å². The SMILES string of the molecule is Cc1c(C(=O)N2CCNCC2c2nccn2C)nnn1-c1cccc(Cl)c1.Cl. The second kappa shape index (κ2) is 8.30. The van der Waals surface area contributed by atoms with Crippen molar-refractivity contribution >= 4 is 29.9 Å². The Labute approximate surface area is 173 Å². The maximum Gasteiger partial charge on any atom is 0.277 e. The van der Waals surface area contributed by atoms with Crippen molar-refractivity contribution in [2.45, 2.75) is 13.0 Å². The summed E-state index contributed by atoms with van der Waals surface area (Å²) in [4.78, 5) is 19.5. The highest BCUT2D eigenvalue weighted by molar-refractivity contribution is 6.30. The number of benzene rings is 1. The van der Waals surface area contributed by atoms with Gasteiger partial charge in [-0.2, -0.15) is 0 Å². The van der Waals surface area contributed by atoms with Crippen LogP contribution in [0.5, 0.6) is 0 Å².